The van der Waals surface area contributed by atoms with Crippen LogP contribution in [0.15, 0.2) is 11.5 Å². The van der Waals surface area contributed by atoms with E-state index in [0.717, 1.165) is 5.25 Å². The van der Waals surface area contributed by atoms with E-state index in [2.05, 4.69) is 18.4 Å². The van der Waals surface area contributed by atoms with Gasteiger partial charge in [-0.1, -0.05) is 13.0 Å². The van der Waals surface area contributed by atoms with E-state index < -0.39 is 0 Å². The lowest BCUT2D eigenvalue weighted by atomic mass is 10.2. The molecule has 1 heterocycles. The highest BCUT2D eigenvalue weighted by Crippen LogP contribution is 2.25. The number of hydrogen-bond donors (Lipinski definition) is 0. The molecule has 1 rings (SSSR count). The second kappa shape index (κ2) is 2.41. The van der Waals surface area contributed by atoms with Crippen molar-refractivity contribution in [3.8, 4) is 0 Å². The SMILES string of the molecule is CC[C@@H]1CC=CS1. The molecule has 40 valence electrons. The van der Waals surface area contributed by atoms with Crippen molar-refractivity contribution in [3.63, 3.8) is 0 Å². The summed E-state index contributed by atoms with van der Waals surface area (Å²) < 4.78 is 0. The van der Waals surface area contributed by atoms with Gasteiger partial charge in [0.15, 0.2) is 0 Å². The summed E-state index contributed by atoms with van der Waals surface area (Å²) in [6.45, 7) is 2.24. The van der Waals surface area contributed by atoms with E-state index in [1.807, 2.05) is 11.8 Å². The van der Waals surface area contributed by atoms with E-state index in [1.54, 1.807) is 0 Å². The summed E-state index contributed by atoms with van der Waals surface area (Å²) in [6, 6.07) is 0. The molecule has 7 heavy (non-hydrogen) atoms. The Morgan fingerprint density at radius 3 is 3.00 bits per heavy atom. The molecule has 0 aromatic carbocycles. The first-order valence-corrected chi connectivity index (χ1v) is 3.68. The number of hydrogen-bond acceptors (Lipinski definition) is 1. The van der Waals surface area contributed by atoms with Gasteiger partial charge in [0.1, 0.15) is 0 Å². The van der Waals surface area contributed by atoms with Gasteiger partial charge in [-0.15, -0.1) is 11.8 Å². The zero-order valence-electron chi connectivity index (χ0n) is 4.55. The minimum atomic E-state index is 0.903. The molecule has 0 aliphatic carbocycles. The molecule has 0 fully saturated rings. The Morgan fingerprint density at radius 1 is 1.86 bits per heavy atom. The lowest BCUT2D eigenvalue weighted by Crippen LogP contribution is -1.90. The maximum absolute atomic E-state index is 2.25. The first kappa shape index (κ1) is 5.23. The standard InChI is InChI=1S/C6H10S/c1-2-6-4-3-5-7-6/h3,5-6H,2,4H2,1H3/t6-/m1/s1. The van der Waals surface area contributed by atoms with E-state index >= 15 is 0 Å². The van der Waals surface area contributed by atoms with Crippen LogP contribution in [0.3, 0.4) is 0 Å². The lowest BCUT2D eigenvalue weighted by molar-refractivity contribution is 0.849. The minimum Gasteiger partial charge on any atom is -0.131 e. The van der Waals surface area contributed by atoms with Crippen LogP contribution in [0.1, 0.15) is 19.8 Å². The fraction of sp³-hybridized carbons (Fsp3) is 0.667. The van der Waals surface area contributed by atoms with E-state index in [1.165, 1.54) is 12.8 Å². The zero-order chi connectivity index (χ0) is 5.11. The van der Waals surface area contributed by atoms with E-state index in [9.17, 15) is 0 Å². The molecule has 0 nitrogen and oxygen atoms in total. The highest BCUT2D eigenvalue weighted by molar-refractivity contribution is 8.02. The first-order chi connectivity index (χ1) is 3.43. The summed E-state index contributed by atoms with van der Waals surface area (Å²) in [5, 5.41) is 3.11. The Hall–Kier alpha value is 0.0900. The Morgan fingerprint density at radius 2 is 2.71 bits per heavy atom. The average molecular weight is 114 g/mol. The molecule has 0 saturated heterocycles. The minimum absolute atomic E-state index is 0.903. The van der Waals surface area contributed by atoms with Gasteiger partial charge >= 0.3 is 0 Å². The maximum atomic E-state index is 2.25. The van der Waals surface area contributed by atoms with Gasteiger partial charge in [0.2, 0.25) is 0 Å². The Bertz CT molecular complexity index is 68.2. The smallest absolute Gasteiger partial charge is 0.0120 e. The molecule has 0 bridgehead atoms. The molecule has 0 amide bonds. The third-order valence-electron chi connectivity index (χ3n) is 1.22. The van der Waals surface area contributed by atoms with E-state index in [-0.39, 0.29) is 0 Å². The molecule has 1 atom stereocenters. The molecule has 0 N–H and O–H groups in total. The molecule has 0 saturated carbocycles. The maximum Gasteiger partial charge on any atom is 0.0120 e. The van der Waals surface area contributed by atoms with Gasteiger partial charge in [-0.3, -0.25) is 0 Å². The first-order valence-electron chi connectivity index (χ1n) is 2.74. The number of allylic oxidation sites excluding steroid dienone is 1. The summed E-state index contributed by atoms with van der Waals surface area (Å²) >= 11 is 1.96. The topological polar surface area (TPSA) is 0 Å². The Balaban J connectivity index is 2.22. The van der Waals surface area contributed by atoms with Gasteiger partial charge in [-0.05, 0) is 18.2 Å². The van der Waals surface area contributed by atoms with Crippen molar-refractivity contribution < 1.29 is 0 Å². The predicted molar refractivity (Wildman–Crippen MR) is 35.4 cm³/mol. The molecule has 1 aliphatic rings. The van der Waals surface area contributed by atoms with Crippen LogP contribution in [0.4, 0.5) is 0 Å². The van der Waals surface area contributed by atoms with E-state index in [4.69, 9.17) is 0 Å². The highest BCUT2D eigenvalue weighted by atomic mass is 32.2. The van der Waals surface area contributed by atoms with Crippen molar-refractivity contribution >= 4 is 11.8 Å². The van der Waals surface area contributed by atoms with Crippen molar-refractivity contribution in [1.82, 2.24) is 0 Å². The number of rotatable bonds is 1. The van der Waals surface area contributed by atoms with Crippen LogP contribution in [-0.4, -0.2) is 5.25 Å². The number of thioether (sulfide) groups is 1. The molecule has 0 aromatic heterocycles. The largest absolute Gasteiger partial charge is 0.131 e. The quantitative estimate of drug-likeness (QED) is 0.504. The van der Waals surface area contributed by atoms with Crippen molar-refractivity contribution in [1.29, 1.82) is 0 Å². The van der Waals surface area contributed by atoms with Gasteiger partial charge < -0.3 is 0 Å². The zero-order valence-corrected chi connectivity index (χ0v) is 5.37. The van der Waals surface area contributed by atoms with Gasteiger partial charge in [0.25, 0.3) is 0 Å². The normalized spacial score (nSPS) is 29.0. The monoisotopic (exact) mass is 114 g/mol. The van der Waals surface area contributed by atoms with Crippen LogP contribution in [-0.2, 0) is 0 Å². The van der Waals surface area contributed by atoms with E-state index in [0.29, 0.717) is 0 Å². The summed E-state index contributed by atoms with van der Waals surface area (Å²) in [5.74, 6) is 0. The van der Waals surface area contributed by atoms with Gasteiger partial charge in [-0.2, -0.15) is 0 Å². The van der Waals surface area contributed by atoms with Crippen molar-refractivity contribution in [2.45, 2.75) is 25.0 Å². The third kappa shape index (κ3) is 1.23. The van der Waals surface area contributed by atoms with Crippen molar-refractivity contribution in [2.24, 2.45) is 0 Å². The van der Waals surface area contributed by atoms with Crippen molar-refractivity contribution in [2.75, 3.05) is 0 Å². The molecule has 0 unspecified atom stereocenters. The molecule has 1 aliphatic heterocycles. The predicted octanol–water partition coefficient (Wildman–Crippen LogP) is 2.42. The summed E-state index contributed by atoms with van der Waals surface area (Å²) in [6.07, 6.45) is 4.86. The molecule has 0 aromatic rings. The second-order valence-corrected chi connectivity index (χ2v) is 2.98. The molecular formula is C6H10S. The Kier molecular flexibility index (Phi) is 1.80. The lowest BCUT2D eigenvalue weighted by Gasteiger charge is -1.99. The molecular weight excluding hydrogens is 104 g/mol. The second-order valence-electron chi connectivity index (χ2n) is 1.77. The van der Waals surface area contributed by atoms with Crippen LogP contribution < -0.4 is 0 Å². The van der Waals surface area contributed by atoms with Crippen LogP contribution in [0.5, 0.6) is 0 Å². The fourth-order valence-corrected chi connectivity index (χ4v) is 1.55. The van der Waals surface area contributed by atoms with Gasteiger partial charge in [0.05, 0.1) is 0 Å². The van der Waals surface area contributed by atoms with Crippen LogP contribution in [0.2, 0.25) is 0 Å². The molecule has 0 radical (unpaired) electrons. The average Bonchev–Trinajstić information content (AvgIpc) is 2.14. The van der Waals surface area contributed by atoms with Crippen molar-refractivity contribution in [3.05, 3.63) is 11.5 Å². The fourth-order valence-electron chi connectivity index (χ4n) is 0.692. The summed E-state index contributed by atoms with van der Waals surface area (Å²) in [5.41, 5.74) is 0. The third-order valence-corrected chi connectivity index (χ3v) is 2.48. The van der Waals surface area contributed by atoms with Gasteiger partial charge in [-0.25, -0.2) is 0 Å². The van der Waals surface area contributed by atoms with Crippen LogP contribution in [0.25, 0.3) is 0 Å². The van der Waals surface area contributed by atoms with Crippen LogP contribution >= 0.6 is 11.8 Å². The molecule has 1 heteroatoms. The Labute approximate surface area is 49.0 Å². The van der Waals surface area contributed by atoms with Crippen LogP contribution in [0, 0.1) is 0 Å². The summed E-state index contributed by atoms with van der Waals surface area (Å²) in [4.78, 5) is 0. The highest BCUT2D eigenvalue weighted by Gasteiger charge is 2.05. The van der Waals surface area contributed by atoms with Gasteiger partial charge in [0, 0.05) is 5.25 Å². The summed E-state index contributed by atoms with van der Waals surface area (Å²) in [7, 11) is 0. The molecule has 0 spiro atoms.